The second kappa shape index (κ2) is 8.55. The molecule has 3 N–H and O–H groups in total. The first-order valence-corrected chi connectivity index (χ1v) is 7.34. The van der Waals surface area contributed by atoms with Crippen LogP contribution in [0.5, 0.6) is 5.75 Å². The van der Waals surface area contributed by atoms with Crippen LogP contribution in [0.15, 0.2) is 30.5 Å². The summed E-state index contributed by atoms with van der Waals surface area (Å²) in [4.78, 5) is 12.0. The van der Waals surface area contributed by atoms with Gasteiger partial charge < -0.3 is 15.7 Å². The average Bonchev–Trinajstić information content (AvgIpc) is 2.89. The van der Waals surface area contributed by atoms with Crippen molar-refractivity contribution in [1.82, 2.24) is 20.4 Å². The zero-order chi connectivity index (χ0) is 16.1. The summed E-state index contributed by atoms with van der Waals surface area (Å²) >= 11 is 0. The van der Waals surface area contributed by atoms with Crippen LogP contribution in [0.1, 0.15) is 35.8 Å². The Morgan fingerprint density at radius 3 is 2.48 bits per heavy atom. The first kappa shape index (κ1) is 19.0. The molecular formula is C16H23ClN4O2. The molecule has 0 aliphatic carbocycles. The number of aromatic hydroxyl groups is 1. The predicted octanol–water partition coefficient (Wildman–Crippen LogP) is 2.07. The number of hydrogen-bond donors (Lipinski definition) is 3. The van der Waals surface area contributed by atoms with Crippen LogP contribution in [0.25, 0.3) is 5.69 Å². The first-order chi connectivity index (χ1) is 10.5. The molecule has 0 unspecified atom stereocenters. The largest absolute Gasteiger partial charge is 0.504 e. The van der Waals surface area contributed by atoms with Gasteiger partial charge >= 0.3 is 0 Å². The summed E-state index contributed by atoms with van der Waals surface area (Å²) in [6.45, 7) is 5.39. The van der Waals surface area contributed by atoms with Crippen LogP contribution in [0, 0.1) is 0 Å². The molecule has 0 aliphatic heterocycles. The van der Waals surface area contributed by atoms with E-state index in [1.54, 1.807) is 7.05 Å². The average molecular weight is 339 g/mol. The number of nitrogens with zero attached hydrogens (tertiary/aromatic N) is 2. The number of nitrogens with one attached hydrogen (secondary N) is 2. The quantitative estimate of drug-likeness (QED) is 0.704. The number of hydrogen-bond acceptors (Lipinski definition) is 4. The van der Waals surface area contributed by atoms with E-state index in [1.807, 2.05) is 24.3 Å². The smallest absolute Gasteiger partial charge is 0.275 e. The van der Waals surface area contributed by atoms with Gasteiger partial charge in [0.1, 0.15) is 0 Å². The fraction of sp³-hybridized carbons (Fsp3) is 0.375. The molecule has 23 heavy (non-hydrogen) atoms. The second-order valence-corrected chi connectivity index (χ2v) is 5.41. The molecule has 2 rings (SSSR count). The van der Waals surface area contributed by atoms with Gasteiger partial charge in [0.2, 0.25) is 0 Å². The van der Waals surface area contributed by atoms with Gasteiger partial charge in [0.05, 0.1) is 11.9 Å². The van der Waals surface area contributed by atoms with Crippen LogP contribution in [0.3, 0.4) is 0 Å². The summed E-state index contributed by atoms with van der Waals surface area (Å²) in [6.07, 6.45) is 1.44. The Bertz CT molecular complexity index is 638. The lowest BCUT2D eigenvalue weighted by Gasteiger charge is -2.06. The highest BCUT2D eigenvalue weighted by molar-refractivity contribution is 5.94. The monoisotopic (exact) mass is 338 g/mol. The molecule has 1 amide bonds. The summed E-state index contributed by atoms with van der Waals surface area (Å²) in [5, 5.41) is 19.7. The van der Waals surface area contributed by atoms with Gasteiger partial charge in [0.25, 0.3) is 5.91 Å². The summed E-state index contributed by atoms with van der Waals surface area (Å²) in [7, 11) is 1.80. The van der Waals surface area contributed by atoms with Crippen molar-refractivity contribution in [3.05, 3.63) is 41.7 Å². The van der Waals surface area contributed by atoms with Gasteiger partial charge in [-0.2, -0.15) is 5.10 Å². The topological polar surface area (TPSA) is 79.2 Å². The fourth-order valence-corrected chi connectivity index (χ4v) is 2.06. The normalized spacial score (nSPS) is 10.4. The SMILES string of the molecule is CNCCNC(=O)c1nn(-c2ccc(C(C)C)cc2)cc1O.Cl. The van der Waals surface area contributed by atoms with Gasteiger partial charge in [0, 0.05) is 13.1 Å². The molecule has 0 atom stereocenters. The minimum Gasteiger partial charge on any atom is -0.504 e. The van der Waals surface area contributed by atoms with Crippen LogP contribution in [-0.2, 0) is 0 Å². The minimum atomic E-state index is -0.384. The lowest BCUT2D eigenvalue weighted by molar-refractivity contribution is 0.0946. The Balaban J connectivity index is 0.00000264. The van der Waals surface area contributed by atoms with Gasteiger partial charge in [-0.15, -0.1) is 12.4 Å². The first-order valence-electron chi connectivity index (χ1n) is 7.34. The number of rotatable bonds is 6. The van der Waals surface area contributed by atoms with Crippen LogP contribution in [0.4, 0.5) is 0 Å². The van der Waals surface area contributed by atoms with E-state index in [-0.39, 0.29) is 29.8 Å². The number of benzene rings is 1. The Kier molecular flexibility index (Phi) is 7.06. The standard InChI is InChI=1S/C16H22N4O2.ClH/c1-11(2)12-4-6-13(7-5-12)20-10-14(21)15(19-20)16(22)18-9-8-17-3;/h4-7,10-11,17,21H,8-9H2,1-3H3,(H,18,22);1H. The molecule has 0 saturated heterocycles. The molecule has 7 heteroatoms. The van der Waals surface area contributed by atoms with Crippen molar-refractivity contribution >= 4 is 18.3 Å². The zero-order valence-corrected chi connectivity index (χ0v) is 14.4. The predicted molar refractivity (Wildman–Crippen MR) is 92.8 cm³/mol. The Morgan fingerprint density at radius 1 is 1.26 bits per heavy atom. The fourth-order valence-electron chi connectivity index (χ4n) is 2.06. The van der Waals surface area contributed by atoms with Crippen molar-refractivity contribution in [1.29, 1.82) is 0 Å². The number of carbonyl (C=O) groups is 1. The van der Waals surface area contributed by atoms with Gasteiger partial charge in [-0.1, -0.05) is 26.0 Å². The van der Waals surface area contributed by atoms with E-state index >= 15 is 0 Å². The molecule has 1 aromatic carbocycles. The number of amides is 1. The van der Waals surface area contributed by atoms with Gasteiger partial charge in [-0.25, -0.2) is 4.68 Å². The van der Waals surface area contributed by atoms with E-state index in [2.05, 4.69) is 29.6 Å². The lowest BCUT2D eigenvalue weighted by atomic mass is 10.0. The highest BCUT2D eigenvalue weighted by Crippen LogP contribution is 2.20. The van der Waals surface area contributed by atoms with Crippen LogP contribution in [-0.4, -0.2) is 40.9 Å². The van der Waals surface area contributed by atoms with E-state index in [0.717, 1.165) is 5.69 Å². The van der Waals surface area contributed by atoms with Crippen molar-refractivity contribution in [3.8, 4) is 11.4 Å². The molecule has 0 aliphatic rings. The number of carbonyl (C=O) groups excluding carboxylic acids is 1. The third-order valence-electron chi connectivity index (χ3n) is 3.39. The van der Waals surface area contributed by atoms with Crippen LogP contribution in [0.2, 0.25) is 0 Å². The maximum absolute atomic E-state index is 12.0. The molecule has 1 heterocycles. The van der Waals surface area contributed by atoms with Gasteiger partial charge in [-0.05, 0) is 30.7 Å². The summed E-state index contributed by atoms with van der Waals surface area (Å²) in [5.74, 6) is -0.0613. The van der Waals surface area contributed by atoms with Crippen molar-refractivity contribution in [2.75, 3.05) is 20.1 Å². The number of halogens is 1. The Labute approximate surface area is 142 Å². The summed E-state index contributed by atoms with van der Waals surface area (Å²) in [6, 6.07) is 7.88. The molecule has 0 radical (unpaired) electrons. The van der Waals surface area contributed by atoms with E-state index < -0.39 is 0 Å². The molecule has 6 nitrogen and oxygen atoms in total. The Morgan fingerprint density at radius 2 is 1.91 bits per heavy atom. The highest BCUT2D eigenvalue weighted by Gasteiger charge is 2.16. The van der Waals surface area contributed by atoms with Gasteiger partial charge in [-0.3, -0.25) is 4.79 Å². The summed E-state index contributed by atoms with van der Waals surface area (Å²) < 4.78 is 1.51. The van der Waals surface area contributed by atoms with Crippen molar-refractivity contribution in [2.45, 2.75) is 19.8 Å². The van der Waals surface area contributed by atoms with E-state index in [9.17, 15) is 9.90 Å². The molecular weight excluding hydrogens is 316 g/mol. The second-order valence-electron chi connectivity index (χ2n) is 5.41. The lowest BCUT2D eigenvalue weighted by Crippen LogP contribution is -2.30. The maximum Gasteiger partial charge on any atom is 0.275 e. The van der Waals surface area contributed by atoms with E-state index in [0.29, 0.717) is 19.0 Å². The molecule has 0 spiro atoms. The van der Waals surface area contributed by atoms with Gasteiger partial charge in [0.15, 0.2) is 11.4 Å². The van der Waals surface area contributed by atoms with Crippen molar-refractivity contribution in [2.24, 2.45) is 0 Å². The molecule has 0 saturated carbocycles. The Hall–Kier alpha value is -2.05. The summed E-state index contributed by atoms with van der Waals surface area (Å²) in [5.41, 5.74) is 2.06. The highest BCUT2D eigenvalue weighted by atomic mass is 35.5. The molecule has 0 fully saturated rings. The number of aromatic nitrogens is 2. The van der Waals surface area contributed by atoms with Crippen LogP contribution < -0.4 is 10.6 Å². The van der Waals surface area contributed by atoms with Crippen molar-refractivity contribution in [3.63, 3.8) is 0 Å². The minimum absolute atomic E-state index is 0. The molecule has 126 valence electrons. The third kappa shape index (κ3) is 4.71. The third-order valence-corrected chi connectivity index (χ3v) is 3.39. The maximum atomic E-state index is 12.0. The van der Waals surface area contributed by atoms with E-state index in [4.69, 9.17) is 0 Å². The molecule has 1 aromatic heterocycles. The van der Waals surface area contributed by atoms with Crippen LogP contribution >= 0.6 is 12.4 Å². The molecule has 2 aromatic rings. The number of likely N-dealkylation sites (N-methyl/N-ethyl adjacent to an activating group) is 1. The van der Waals surface area contributed by atoms with Crippen molar-refractivity contribution < 1.29 is 9.90 Å². The zero-order valence-electron chi connectivity index (χ0n) is 13.5. The van der Waals surface area contributed by atoms with E-state index in [1.165, 1.54) is 16.4 Å². The molecule has 0 bridgehead atoms.